The topological polar surface area (TPSA) is 57.9 Å². The van der Waals surface area contributed by atoms with Gasteiger partial charge in [0.15, 0.2) is 0 Å². The lowest BCUT2D eigenvalue weighted by Gasteiger charge is -2.23. The van der Waals surface area contributed by atoms with E-state index in [1.165, 1.54) is 17.5 Å². The van der Waals surface area contributed by atoms with Gasteiger partial charge < -0.3 is 10.1 Å². The molecule has 1 N–H and O–H groups in total. The number of ether oxygens (including phenoxy) is 1. The van der Waals surface area contributed by atoms with Gasteiger partial charge in [-0.25, -0.2) is 4.98 Å². The van der Waals surface area contributed by atoms with E-state index in [2.05, 4.69) is 23.5 Å². The predicted molar refractivity (Wildman–Crippen MR) is 98.5 cm³/mol. The fourth-order valence-electron chi connectivity index (χ4n) is 3.92. The molecule has 1 fully saturated rings. The minimum absolute atomic E-state index is 0.226. The van der Waals surface area contributed by atoms with Gasteiger partial charge in [0, 0.05) is 18.7 Å². The number of aromatic nitrogens is 1. The molecule has 1 saturated heterocycles. The number of nitriles is 1. The molecule has 2 aliphatic rings. The van der Waals surface area contributed by atoms with E-state index < -0.39 is 0 Å². The first-order valence-corrected chi connectivity index (χ1v) is 9.23. The van der Waals surface area contributed by atoms with Crippen LogP contribution in [-0.4, -0.2) is 24.2 Å². The maximum absolute atomic E-state index is 9.77. The largest absolute Gasteiger partial charge is 0.376 e. The second-order valence-electron chi connectivity index (χ2n) is 6.84. The molecule has 1 aromatic carbocycles. The summed E-state index contributed by atoms with van der Waals surface area (Å²) >= 11 is 0. The van der Waals surface area contributed by atoms with E-state index in [1.807, 2.05) is 18.2 Å². The normalized spacial score (nSPS) is 19.2. The van der Waals surface area contributed by atoms with E-state index >= 15 is 0 Å². The number of rotatable bonds is 4. The first-order valence-electron chi connectivity index (χ1n) is 9.23. The van der Waals surface area contributed by atoms with Gasteiger partial charge in [0.2, 0.25) is 0 Å². The van der Waals surface area contributed by atoms with Gasteiger partial charge in [-0.05, 0) is 49.7 Å². The molecule has 0 unspecified atom stereocenters. The molecule has 2 heterocycles. The number of benzene rings is 1. The zero-order valence-electron chi connectivity index (χ0n) is 14.4. The number of anilines is 1. The molecule has 4 heteroatoms. The van der Waals surface area contributed by atoms with Gasteiger partial charge in [-0.2, -0.15) is 5.26 Å². The van der Waals surface area contributed by atoms with Gasteiger partial charge in [-0.15, -0.1) is 0 Å². The SMILES string of the molecule is N#Cc1c(NC[C@@H]2CCCO2)nc(-c2ccccc2)c2c1CCCC2. The van der Waals surface area contributed by atoms with E-state index in [1.54, 1.807) is 0 Å². The molecule has 25 heavy (non-hydrogen) atoms. The van der Waals surface area contributed by atoms with Crippen molar-refractivity contribution in [3.63, 3.8) is 0 Å². The summed E-state index contributed by atoms with van der Waals surface area (Å²) in [7, 11) is 0. The molecule has 4 rings (SSSR count). The van der Waals surface area contributed by atoms with Crippen molar-refractivity contribution < 1.29 is 4.74 Å². The summed E-state index contributed by atoms with van der Waals surface area (Å²) < 4.78 is 5.70. The molecule has 0 saturated carbocycles. The summed E-state index contributed by atoms with van der Waals surface area (Å²) in [4.78, 5) is 4.90. The highest BCUT2D eigenvalue weighted by atomic mass is 16.5. The fraction of sp³-hybridized carbons (Fsp3) is 0.429. The second-order valence-corrected chi connectivity index (χ2v) is 6.84. The third-order valence-corrected chi connectivity index (χ3v) is 5.20. The molecule has 2 aromatic rings. The molecule has 4 nitrogen and oxygen atoms in total. The van der Waals surface area contributed by atoms with Crippen LogP contribution in [0.1, 0.15) is 42.4 Å². The molecule has 0 spiro atoms. The van der Waals surface area contributed by atoms with Crippen LogP contribution < -0.4 is 5.32 Å². The molecule has 128 valence electrons. The number of pyridine rings is 1. The maximum atomic E-state index is 9.77. The molecule has 1 aromatic heterocycles. The van der Waals surface area contributed by atoms with Crippen molar-refractivity contribution >= 4 is 5.82 Å². The maximum Gasteiger partial charge on any atom is 0.145 e. The van der Waals surface area contributed by atoms with Gasteiger partial charge in [-0.1, -0.05) is 30.3 Å². The molecule has 1 aliphatic heterocycles. The summed E-state index contributed by atoms with van der Waals surface area (Å²) in [5.41, 5.74) is 5.34. The summed E-state index contributed by atoms with van der Waals surface area (Å²) in [5, 5.41) is 13.2. The summed E-state index contributed by atoms with van der Waals surface area (Å²) in [6.45, 7) is 1.55. The number of nitrogens with one attached hydrogen (secondary N) is 1. The Labute approximate surface area is 148 Å². The first kappa shape index (κ1) is 16.1. The van der Waals surface area contributed by atoms with Gasteiger partial charge >= 0.3 is 0 Å². The third-order valence-electron chi connectivity index (χ3n) is 5.20. The summed E-state index contributed by atoms with van der Waals surface area (Å²) in [6, 6.07) is 12.7. The van der Waals surface area contributed by atoms with Crippen LogP contribution in [-0.2, 0) is 17.6 Å². The van der Waals surface area contributed by atoms with Gasteiger partial charge in [0.05, 0.1) is 17.4 Å². The van der Waals surface area contributed by atoms with Crippen molar-refractivity contribution in [2.45, 2.75) is 44.6 Å². The minimum Gasteiger partial charge on any atom is -0.376 e. The number of hydrogen-bond acceptors (Lipinski definition) is 4. The standard InChI is InChI=1S/C21H23N3O/c22-13-19-17-10-4-5-11-18(17)20(15-7-2-1-3-8-15)24-21(19)23-14-16-9-6-12-25-16/h1-3,7-8,16H,4-6,9-12,14H2,(H,23,24)/t16-/m0/s1. The van der Waals surface area contributed by atoms with Crippen molar-refractivity contribution in [3.05, 3.63) is 47.0 Å². The van der Waals surface area contributed by atoms with Crippen molar-refractivity contribution in [2.75, 3.05) is 18.5 Å². The Morgan fingerprint density at radius 2 is 1.92 bits per heavy atom. The van der Waals surface area contributed by atoms with Crippen LogP contribution in [0.2, 0.25) is 0 Å². The van der Waals surface area contributed by atoms with Crippen molar-refractivity contribution in [2.24, 2.45) is 0 Å². The van der Waals surface area contributed by atoms with Crippen LogP contribution in [0.15, 0.2) is 30.3 Å². The average Bonchev–Trinajstić information content (AvgIpc) is 3.19. The Morgan fingerprint density at radius 3 is 2.64 bits per heavy atom. The number of fused-ring (bicyclic) bond motifs is 1. The average molecular weight is 333 g/mol. The highest BCUT2D eigenvalue weighted by Crippen LogP contribution is 2.35. The molecule has 1 aliphatic carbocycles. The van der Waals surface area contributed by atoms with Gasteiger partial charge in [0.1, 0.15) is 11.9 Å². The fourth-order valence-corrected chi connectivity index (χ4v) is 3.92. The van der Waals surface area contributed by atoms with E-state index in [4.69, 9.17) is 9.72 Å². The minimum atomic E-state index is 0.226. The summed E-state index contributed by atoms with van der Waals surface area (Å²) in [6.07, 6.45) is 6.70. The zero-order valence-corrected chi connectivity index (χ0v) is 14.4. The Morgan fingerprint density at radius 1 is 1.12 bits per heavy atom. The van der Waals surface area contributed by atoms with Crippen molar-refractivity contribution in [3.8, 4) is 17.3 Å². The Kier molecular flexibility index (Phi) is 4.67. The Bertz CT molecular complexity index is 789. The lowest BCUT2D eigenvalue weighted by molar-refractivity contribution is 0.120. The predicted octanol–water partition coefficient (Wildman–Crippen LogP) is 4.09. The lowest BCUT2D eigenvalue weighted by atomic mass is 9.86. The van der Waals surface area contributed by atoms with Crippen molar-refractivity contribution in [1.82, 2.24) is 4.98 Å². The van der Waals surface area contributed by atoms with Crippen LogP contribution in [0.25, 0.3) is 11.3 Å². The molecule has 0 amide bonds. The Balaban J connectivity index is 1.75. The zero-order chi connectivity index (χ0) is 17.1. The van der Waals surface area contributed by atoms with E-state index in [9.17, 15) is 5.26 Å². The molecule has 0 radical (unpaired) electrons. The molecule has 0 bridgehead atoms. The number of nitrogens with zero attached hydrogens (tertiary/aromatic N) is 2. The van der Waals surface area contributed by atoms with Crippen LogP contribution in [0.3, 0.4) is 0 Å². The monoisotopic (exact) mass is 333 g/mol. The van der Waals surface area contributed by atoms with Crippen molar-refractivity contribution in [1.29, 1.82) is 5.26 Å². The van der Waals surface area contributed by atoms with Crippen LogP contribution in [0, 0.1) is 11.3 Å². The van der Waals surface area contributed by atoms with Crippen LogP contribution >= 0.6 is 0 Å². The van der Waals surface area contributed by atoms with Crippen LogP contribution in [0.5, 0.6) is 0 Å². The Hall–Kier alpha value is -2.38. The molecular weight excluding hydrogens is 310 g/mol. The quantitative estimate of drug-likeness (QED) is 0.915. The van der Waals surface area contributed by atoms with E-state index in [0.717, 1.165) is 61.3 Å². The first-order chi connectivity index (χ1) is 12.4. The third kappa shape index (κ3) is 3.25. The lowest BCUT2D eigenvalue weighted by Crippen LogP contribution is -2.21. The van der Waals surface area contributed by atoms with Crippen LogP contribution in [0.4, 0.5) is 5.82 Å². The van der Waals surface area contributed by atoms with E-state index in [0.29, 0.717) is 6.54 Å². The molecular formula is C21H23N3O. The highest BCUT2D eigenvalue weighted by Gasteiger charge is 2.23. The second kappa shape index (κ2) is 7.25. The number of hydrogen-bond donors (Lipinski definition) is 1. The molecule has 1 atom stereocenters. The highest BCUT2D eigenvalue weighted by molar-refractivity contribution is 5.72. The van der Waals surface area contributed by atoms with Gasteiger partial charge in [-0.3, -0.25) is 0 Å². The summed E-state index contributed by atoms with van der Waals surface area (Å²) in [5.74, 6) is 0.720. The van der Waals surface area contributed by atoms with Gasteiger partial charge in [0.25, 0.3) is 0 Å². The van der Waals surface area contributed by atoms with E-state index in [-0.39, 0.29) is 6.10 Å². The smallest absolute Gasteiger partial charge is 0.145 e.